The highest BCUT2D eigenvalue weighted by atomic mass is 32.2. The van der Waals surface area contributed by atoms with E-state index in [0.29, 0.717) is 16.5 Å². The van der Waals surface area contributed by atoms with E-state index in [4.69, 9.17) is 21.0 Å². The van der Waals surface area contributed by atoms with Crippen molar-refractivity contribution in [1.29, 1.82) is 10.5 Å². The molecule has 0 aliphatic carbocycles. The van der Waals surface area contributed by atoms with E-state index in [2.05, 4.69) is 10.3 Å². The van der Waals surface area contributed by atoms with Gasteiger partial charge in [0.25, 0.3) is 0 Å². The molecule has 1 heterocycles. The molecule has 2 rings (SSSR count). The molecule has 8 heteroatoms. The van der Waals surface area contributed by atoms with Gasteiger partial charge in [-0.15, -0.1) is 0 Å². The summed E-state index contributed by atoms with van der Waals surface area (Å²) in [7, 11) is 1.54. The lowest BCUT2D eigenvalue weighted by Gasteiger charge is -2.08. The van der Waals surface area contributed by atoms with Gasteiger partial charge in [0, 0.05) is 11.8 Å². The van der Waals surface area contributed by atoms with Crippen LogP contribution in [0.4, 0.5) is 11.5 Å². The average molecular weight is 339 g/mol. The largest absolute Gasteiger partial charge is 0.497 e. The van der Waals surface area contributed by atoms with Crippen molar-refractivity contribution in [2.24, 2.45) is 0 Å². The van der Waals surface area contributed by atoms with Gasteiger partial charge in [0.05, 0.1) is 24.0 Å². The minimum absolute atomic E-state index is 0.0344. The molecular formula is C16H13N5O2S. The molecule has 0 aliphatic rings. The Morgan fingerprint density at radius 2 is 2.08 bits per heavy atom. The molecule has 0 fully saturated rings. The van der Waals surface area contributed by atoms with Crippen LogP contribution < -0.4 is 15.8 Å². The Kier molecular flexibility index (Phi) is 5.61. The number of hydrogen-bond acceptors (Lipinski definition) is 7. The van der Waals surface area contributed by atoms with Crippen molar-refractivity contribution in [1.82, 2.24) is 4.98 Å². The molecule has 0 radical (unpaired) electrons. The van der Waals surface area contributed by atoms with Crippen LogP contribution in [0.1, 0.15) is 11.1 Å². The van der Waals surface area contributed by atoms with Crippen molar-refractivity contribution < 1.29 is 9.53 Å². The highest BCUT2D eigenvalue weighted by molar-refractivity contribution is 8.00. The Morgan fingerprint density at radius 3 is 2.75 bits per heavy atom. The maximum Gasteiger partial charge on any atom is 0.234 e. The van der Waals surface area contributed by atoms with Crippen LogP contribution in [0.2, 0.25) is 0 Å². The van der Waals surface area contributed by atoms with E-state index in [1.807, 2.05) is 12.1 Å². The van der Waals surface area contributed by atoms with E-state index in [1.165, 1.54) is 6.07 Å². The third kappa shape index (κ3) is 4.15. The molecule has 0 atom stereocenters. The third-order valence-corrected chi connectivity index (χ3v) is 3.94. The maximum atomic E-state index is 12.0. The number of methoxy groups -OCH3 is 1. The van der Waals surface area contributed by atoms with Gasteiger partial charge in [-0.3, -0.25) is 4.79 Å². The topological polar surface area (TPSA) is 125 Å². The predicted molar refractivity (Wildman–Crippen MR) is 90.4 cm³/mol. The van der Waals surface area contributed by atoms with Crippen molar-refractivity contribution in [3.63, 3.8) is 0 Å². The zero-order valence-electron chi connectivity index (χ0n) is 12.7. The molecular weight excluding hydrogens is 326 g/mol. The second kappa shape index (κ2) is 7.86. The Hall–Kier alpha value is -3.23. The zero-order valence-corrected chi connectivity index (χ0v) is 13.6. The first-order valence-corrected chi connectivity index (χ1v) is 7.73. The number of thioether (sulfide) groups is 1. The second-order valence-electron chi connectivity index (χ2n) is 4.57. The van der Waals surface area contributed by atoms with E-state index < -0.39 is 0 Å². The number of anilines is 2. The number of pyridine rings is 1. The highest BCUT2D eigenvalue weighted by Gasteiger charge is 2.12. The number of amides is 1. The van der Waals surface area contributed by atoms with Crippen LogP contribution in [0.3, 0.4) is 0 Å². The summed E-state index contributed by atoms with van der Waals surface area (Å²) in [6, 6.07) is 12.1. The zero-order chi connectivity index (χ0) is 17.5. The summed E-state index contributed by atoms with van der Waals surface area (Å²) in [4.78, 5) is 16.0. The number of hydrogen-bond donors (Lipinski definition) is 2. The fraction of sp³-hybridized carbons (Fsp3) is 0.125. The fourth-order valence-corrected chi connectivity index (χ4v) is 2.58. The van der Waals surface area contributed by atoms with Gasteiger partial charge in [0.15, 0.2) is 0 Å². The van der Waals surface area contributed by atoms with Gasteiger partial charge in [-0.25, -0.2) is 4.98 Å². The monoisotopic (exact) mass is 339 g/mol. The standard InChI is InChI=1S/C16H13N5O2S/c1-23-13-4-2-3-12(6-13)20-14(22)9-24-16-11(8-18)5-10(7-17)15(19)21-16/h2-6H,9H2,1H3,(H2,19,21)(H,20,22). The molecule has 24 heavy (non-hydrogen) atoms. The number of carbonyl (C=O) groups is 1. The van der Waals surface area contributed by atoms with E-state index >= 15 is 0 Å². The van der Waals surface area contributed by atoms with Crippen LogP contribution in [0.15, 0.2) is 35.4 Å². The highest BCUT2D eigenvalue weighted by Crippen LogP contribution is 2.24. The lowest BCUT2D eigenvalue weighted by atomic mass is 10.2. The number of nitrogens with zero attached hydrogens (tertiary/aromatic N) is 3. The molecule has 0 saturated carbocycles. The SMILES string of the molecule is COc1cccc(NC(=O)CSc2nc(N)c(C#N)cc2C#N)c1. The van der Waals surface area contributed by atoms with E-state index in [9.17, 15) is 4.79 Å². The molecule has 0 bridgehead atoms. The van der Waals surface area contributed by atoms with E-state index in [0.717, 1.165) is 11.8 Å². The fourth-order valence-electron chi connectivity index (χ4n) is 1.82. The molecule has 0 aliphatic heterocycles. The van der Waals surface area contributed by atoms with Gasteiger partial charge in [0.2, 0.25) is 5.91 Å². The molecule has 2 aromatic rings. The molecule has 120 valence electrons. The summed E-state index contributed by atoms with van der Waals surface area (Å²) in [5.41, 5.74) is 6.60. The Bertz CT molecular complexity index is 855. The number of ether oxygens (including phenoxy) is 1. The third-order valence-electron chi connectivity index (χ3n) is 2.95. The minimum atomic E-state index is -0.262. The number of nitrogens with two attached hydrogens (primary N) is 1. The number of benzene rings is 1. The van der Waals surface area contributed by atoms with Crippen molar-refractivity contribution in [3.05, 3.63) is 41.5 Å². The quantitative estimate of drug-likeness (QED) is 0.799. The molecule has 0 saturated heterocycles. The Balaban J connectivity index is 2.05. The number of nitriles is 2. The molecule has 0 unspecified atom stereocenters. The van der Waals surface area contributed by atoms with E-state index in [1.54, 1.807) is 31.4 Å². The number of nitrogens with one attached hydrogen (secondary N) is 1. The summed E-state index contributed by atoms with van der Waals surface area (Å²) in [5.74, 6) is 0.451. The van der Waals surface area contributed by atoms with Gasteiger partial charge >= 0.3 is 0 Å². The first-order chi connectivity index (χ1) is 11.6. The Morgan fingerprint density at radius 1 is 1.33 bits per heavy atom. The van der Waals surface area contributed by atoms with Crippen molar-refractivity contribution in [2.45, 2.75) is 5.03 Å². The van der Waals surface area contributed by atoms with E-state index in [-0.39, 0.29) is 28.6 Å². The predicted octanol–water partition coefficient (Wildman–Crippen LogP) is 2.15. The van der Waals surface area contributed by atoms with Crippen LogP contribution in [0, 0.1) is 22.7 Å². The summed E-state index contributed by atoms with van der Waals surface area (Å²) < 4.78 is 5.09. The van der Waals surface area contributed by atoms with Gasteiger partial charge in [-0.05, 0) is 18.2 Å². The Labute approximate surface area is 143 Å². The first kappa shape index (κ1) is 17.1. The summed E-state index contributed by atoms with van der Waals surface area (Å²) in [6.07, 6.45) is 0. The van der Waals surface area contributed by atoms with Gasteiger partial charge in [0.1, 0.15) is 28.7 Å². The number of rotatable bonds is 5. The molecule has 1 amide bonds. The number of aromatic nitrogens is 1. The van der Waals surface area contributed by atoms with Crippen molar-refractivity contribution in [2.75, 3.05) is 23.9 Å². The van der Waals surface area contributed by atoms with Crippen LogP contribution in [0.5, 0.6) is 5.75 Å². The lowest BCUT2D eigenvalue weighted by Crippen LogP contribution is -2.14. The van der Waals surface area contributed by atoms with Crippen molar-refractivity contribution >= 4 is 29.2 Å². The second-order valence-corrected chi connectivity index (χ2v) is 5.53. The maximum absolute atomic E-state index is 12.0. The summed E-state index contributed by atoms with van der Waals surface area (Å²) in [5, 5.41) is 21.1. The van der Waals surface area contributed by atoms with Crippen LogP contribution in [-0.4, -0.2) is 23.8 Å². The molecule has 3 N–H and O–H groups in total. The normalized spacial score (nSPS) is 9.62. The van der Waals surface area contributed by atoms with Gasteiger partial charge in [-0.1, -0.05) is 17.8 Å². The van der Waals surface area contributed by atoms with Crippen LogP contribution in [0.25, 0.3) is 0 Å². The summed E-state index contributed by atoms with van der Waals surface area (Å²) >= 11 is 1.08. The molecule has 7 nitrogen and oxygen atoms in total. The lowest BCUT2D eigenvalue weighted by molar-refractivity contribution is -0.113. The van der Waals surface area contributed by atoms with Gasteiger partial charge in [-0.2, -0.15) is 10.5 Å². The summed E-state index contributed by atoms with van der Waals surface area (Å²) in [6.45, 7) is 0. The van der Waals surface area contributed by atoms with Crippen LogP contribution in [-0.2, 0) is 4.79 Å². The molecule has 0 spiro atoms. The number of nitrogen functional groups attached to an aromatic ring is 1. The molecule has 1 aromatic heterocycles. The smallest absolute Gasteiger partial charge is 0.234 e. The minimum Gasteiger partial charge on any atom is -0.497 e. The number of carbonyl (C=O) groups excluding carboxylic acids is 1. The van der Waals surface area contributed by atoms with Crippen molar-refractivity contribution in [3.8, 4) is 17.9 Å². The van der Waals surface area contributed by atoms with Gasteiger partial charge < -0.3 is 15.8 Å². The average Bonchev–Trinajstić information content (AvgIpc) is 2.60. The first-order valence-electron chi connectivity index (χ1n) is 6.74. The molecule has 1 aromatic carbocycles. The van der Waals surface area contributed by atoms with Crippen LogP contribution >= 0.6 is 11.8 Å².